The van der Waals surface area contributed by atoms with Crippen molar-refractivity contribution in [2.75, 3.05) is 44.7 Å². The van der Waals surface area contributed by atoms with Crippen LogP contribution in [0, 0.1) is 0 Å². The first kappa shape index (κ1) is 21.3. The number of nitrogens with zero attached hydrogens (tertiary/aromatic N) is 3. The van der Waals surface area contributed by atoms with E-state index in [1.807, 2.05) is 49.5 Å². The summed E-state index contributed by atoms with van der Waals surface area (Å²) in [5.74, 6) is 0.0957. The molecule has 0 spiro atoms. The zero-order valence-electron chi connectivity index (χ0n) is 18.2. The summed E-state index contributed by atoms with van der Waals surface area (Å²) in [7, 11) is 1.82. The van der Waals surface area contributed by atoms with Gasteiger partial charge in [-0.15, -0.1) is 0 Å². The Morgan fingerprint density at radius 1 is 1.00 bits per heavy atom. The second-order valence-electron chi connectivity index (χ2n) is 8.12. The number of piperazine rings is 1. The number of carbonyl (C=O) groups is 1. The third-order valence-corrected chi connectivity index (χ3v) is 6.04. The van der Waals surface area contributed by atoms with E-state index < -0.39 is 0 Å². The van der Waals surface area contributed by atoms with Crippen molar-refractivity contribution in [2.24, 2.45) is 0 Å². The van der Waals surface area contributed by atoms with Gasteiger partial charge in [0, 0.05) is 56.9 Å². The Morgan fingerprint density at radius 2 is 1.71 bits per heavy atom. The molecule has 2 aromatic carbocycles. The first-order valence-corrected chi connectivity index (χ1v) is 10.9. The SMILES string of the molecule is CCc1ccc2oc(=O)cc(CN3CCN(CC(=O)N(C)c4ccccc4)CC3)c2c1. The molecule has 0 atom stereocenters. The van der Waals surface area contributed by atoms with Gasteiger partial charge >= 0.3 is 5.63 Å². The number of hydrogen-bond acceptors (Lipinski definition) is 5. The van der Waals surface area contributed by atoms with Gasteiger partial charge in [0.1, 0.15) is 5.58 Å². The highest BCUT2D eigenvalue weighted by Crippen LogP contribution is 2.21. The predicted octanol–water partition coefficient (Wildman–Crippen LogP) is 3.14. The van der Waals surface area contributed by atoms with Crippen LogP contribution in [-0.4, -0.2) is 55.5 Å². The van der Waals surface area contributed by atoms with Crippen LogP contribution in [-0.2, 0) is 17.8 Å². The summed E-state index contributed by atoms with van der Waals surface area (Å²) in [4.78, 5) is 30.9. The predicted molar refractivity (Wildman–Crippen MR) is 123 cm³/mol. The first-order chi connectivity index (χ1) is 15.0. The lowest BCUT2D eigenvalue weighted by Gasteiger charge is -2.35. The lowest BCUT2D eigenvalue weighted by molar-refractivity contribution is -0.119. The third-order valence-electron chi connectivity index (χ3n) is 6.04. The molecule has 1 saturated heterocycles. The van der Waals surface area contributed by atoms with Gasteiger partial charge in [0.2, 0.25) is 5.91 Å². The summed E-state index contributed by atoms with van der Waals surface area (Å²) in [6.07, 6.45) is 0.943. The molecule has 1 amide bonds. The molecule has 6 heteroatoms. The van der Waals surface area contributed by atoms with E-state index in [0.717, 1.165) is 49.2 Å². The van der Waals surface area contributed by atoms with Gasteiger partial charge in [-0.05, 0) is 41.8 Å². The second-order valence-corrected chi connectivity index (χ2v) is 8.12. The van der Waals surface area contributed by atoms with Gasteiger partial charge in [-0.1, -0.05) is 31.2 Å². The van der Waals surface area contributed by atoms with Gasteiger partial charge in [-0.3, -0.25) is 14.6 Å². The molecule has 0 aliphatic carbocycles. The summed E-state index contributed by atoms with van der Waals surface area (Å²) in [6, 6.07) is 17.4. The van der Waals surface area contributed by atoms with Gasteiger partial charge in [0.25, 0.3) is 0 Å². The van der Waals surface area contributed by atoms with E-state index in [2.05, 4.69) is 22.8 Å². The molecule has 0 radical (unpaired) electrons. The molecule has 1 fully saturated rings. The Balaban J connectivity index is 1.37. The van der Waals surface area contributed by atoms with Crippen LogP contribution in [0.25, 0.3) is 11.0 Å². The van der Waals surface area contributed by atoms with Gasteiger partial charge in [-0.2, -0.15) is 0 Å². The van der Waals surface area contributed by atoms with Crippen LogP contribution in [0.2, 0.25) is 0 Å². The molecule has 4 rings (SSSR count). The van der Waals surface area contributed by atoms with Crippen LogP contribution in [0.3, 0.4) is 0 Å². The Labute approximate surface area is 182 Å². The number of rotatable bonds is 6. The molecule has 3 aromatic rings. The highest BCUT2D eigenvalue weighted by Gasteiger charge is 2.22. The van der Waals surface area contributed by atoms with Crippen LogP contribution < -0.4 is 10.5 Å². The standard InChI is InChI=1S/C25H29N3O3/c1-3-19-9-10-23-22(15-19)20(16-25(30)31-23)17-27-11-13-28(14-12-27)18-24(29)26(2)21-7-5-4-6-8-21/h4-10,15-16H,3,11-14,17-18H2,1-2H3. The van der Waals surface area contributed by atoms with E-state index >= 15 is 0 Å². The van der Waals surface area contributed by atoms with Crippen molar-refractivity contribution in [1.29, 1.82) is 0 Å². The minimum Gasteiger partial charge on any atom is -0.423 e. The molecule has 1 aromatic heterocycles. The number of para-hydroxylation sites is 1. The van der Waals surface area contributed by atoms with Crippen LogP contribution in [0.4, 0.5) is 5.69 Å². The molecule has 1 aliphatic heterocycles. The zero-order valence-corrected chi connectivity index (χ0v) is 18.2. The van der Waals surface area contributed by atoms with Crippen molar-refractivity contribution in [1.82, 2.24) is 9.80 Å². The highest BCUT2D eigenvalue weighted by molar-refractivity contribution is 5.94. The third kappa shape index (κ3) is 5.03. The van der Waals surface area contributed by atoms with E-state index in [0.29, 0.717) is 18.7 Å². The number of hydrogen-bond donors (Lipinski definition) is 0. The van der Waals surface area contributed by atoms with Gasteiger partial charge in [0.05, 0.1) is 6.54 Å². The quantitative estimate of drug-likeness (QED) is 0.575. The summed E-state index contributed by atoms with van der Waals surface area (Å²) < 4.78 is 5.39. The number of amides is 1. The van der Waals surface area contributed by atoms with Crippen LogP contribution in [0.1, 0.15) is 18.1 Å². The molecule has 0 unspecified atom stereocenters. The molecule has 162 valence electrons. The highest BCUT2D eigenvalue weighted by atomic mass is 16.4. The summed E-state index contributed by atoms with van der Waals surface area (Å²) in [6.45, 7) is 6.62. The summed E-state index contributed by atoms with van der Waals surface area (Å²) in [5, 5.41) is 1.01. The summed E-state index contributed by atoms with van der Waals surface area (Å²) >= 11 is 0. The summed E-state index contributed by atoms with van der Waals surface area (Å²) in [5.41, 5.74) is 3.49. The maximum absolute atomic E-state index is 12.7. The average Bonchev–Trinajstić information content (AvgIpc) is 2.80. The molecule has 0 saturated carbocycles. The molecule has 0 bridgehead atoms. The minimum absolute atomic E-state index is 0.0957. The largest absolute Gasteiger partial charge is 0.423 e. The molecule has 1 aliphatic rings. The smallest absolute Gasteiger partial charge is 0.336 e. The number of anilines is 1. The van der Waals surface area contributed by atoms with Crippen molar-refractivity contribution in [2.45, 2.75) is 19.9 Å². The maximum Gasteiger partial charge on any atom is 0.336 e. The van der Waals surface area contributed by atoms with E-state index in [1.165, 1.54) is 5.56 Å². The molecule has 6 nitrogen and oxygen atoms in total. The molecule has 0 N–H and O–H groups in total. The van der Waals surface area contributed by atoms with Crippen molar-refractivity contribution >= 4 is 22.6 Å². The Kier molecular flexibility index (Phi) is 6.49. The number of carbonyl (C=O) groups excluding carboxylic acids is 1. The van der Waals surface area contributed by atoms with E-state index in [4.69, 9.17) is 4.42 Å². The number of benzene rings is 2. The van der Waals surface area contributed by atoms with Crippen molar-refractivity contribution in [3.8, 4) is 0 Å². The molecule has 31 heavy (non-hydrogen) atoms. The topological polar surface area (TPSA) is 57.0 Å². The fraction of sp³-hybridized carbons (Fsp3) is 0.360. The Hall–Kier alpha value is -2.96. The van der Waals surface area contributed by atoms with Gasteiger partial charge in [0.15, 0.2) is 0 Å². The van der Waals surface area contributed by atoms with Crippen LogP contribution >= 0.6 is 0 Å². The molecular weight excluding hydrogens is 390 g/mol. The van der Waals surface area contributed by atoms with Crippen molar-refractivity contribution in [3.63, 3.8) is 0 Å². The van der Waals surface area contributed by atoms with E-state index in [-0.39, 0.29) is 11.5 Å². The Morgan fingerprint density at radius 3 is 2.42 bits per heavy atom. The van der Waals surface area contributed by atoms with Crippen molar-refractivity contribution in [3.05, 3.63) is 76.1 Å². The average molecular weight is 420 g/mol. The lowest BCUT2D eigenvalue weighted by atomic mass is 10.0. The minimum atomic E-state index is -0.306. The van der Waals surface area contributed by atoms with E-state index in [9.17, 15) is 9.59 Å². The first-order valence-electron chi connectivity index (χ1n) is 10.9. The fourth-order valence-corrected chi connectivity index (χ4v) is 4.07. The van der Waals surface area contributed by atoms with Gasteiger partial charge < -0.3 is 9.32 Å². The monoisotopic (exact) mass is 419 g/mol. The molecular formula is C25H29N3O3. The van der Waals surface area contributed by atoms with Crippen LogP contribution in [0.15, 0.2) is 63.8 Å². The zero-order chi connectivity index (χ0) is 21.8. The van der Waals surface area contributed by atoms with Gasteiger partial charge in [-0.25, -0.2) is 4.79 Å². The molecule has 2 heterocycles. The lowest BCUT2D eigenvalue weighted by Crippen LogP contribution is -2.49. The maximum atomic E-state index is 12.7. The number of aryl methyl sites for hydroxylation is 1. The van der Waals surface area contributed by atoms with Crippen molar-refractivity contribution < 1.29 is 9.21 Å². The van der Waals surface area contributed by atoms with E-state index in [1.54, 1.807) is 11.0 Å². The number of fused-ring (bicyclic) bond motifs is 1. The normalized spacial score (nSPS) is 15.3. The second kappa shape index (κ2) is 9.45. The number of likely N-dealkylation sites (N-methyl/N-ethyl adjacent to an activating group) is 1. The van der Waals surface area contributed by atoms with Crippen LogP contribution in [0.5, 0.6) is 0 Å². The Bertz CT molecular complexity index is 1100. The fourth-order valence-electron chi connectivity index (χ4n) is 4.07.